The molecule has 3 aromatic rings. The van der Waals surface area contributed by atoms with Crippen molar-refractivity contribution in [2.45, 2.75) is 32.7 Å². The lowest BCUT2D eigenvalue weighted by Crippen LogP contribution is -2.29. The fourth-order valence-electron chi connectivity index (χ4n) is 3.47. The first-order chi connectivity index (χ1) is 14.2. The molecule has 4 rings (SSSR count). The SMILES string of the molecule is Cc1nc(NCc2ccco2)cc(C(=O)Nc2ccc(N3CCCCC3)cc2)n1. The van der Waals surface area contributed by atoms with Gasteiger partial charge in [0.05, 0.1) is 12.8 Å². The molecule has 0 spiro atoms. The molecular formula is C22H25N5O2. The number of amides is 1. The van der Waals surface area contributed by atoms with Crippen LogP contribution in [0.3, 0.4) is 0 Å². The predicted molar refractivity (Wildman–Crippen MR) is 113 cm³/mol. The molecule has 1 aromatic carbocycles. The number of furan rings is 1. The second-order valence-corrected chi connectivity index (χ2v) is 7.17. The van der Waals surface area contributed by atoms with Crippen LogP contribution in [0, 0.1) is 6.92 Å². The van der Waals surface area contributed by atoms with Crippen LogP contribution in [-0.2, 0) is 6.54 Å². The van der Waals surface area contributed by atoms with Crippen LogP contribution in [0.2, 0.25) is 0 Å². The monoisotopic (exact) mass is 391 g/mol. The van der Waals surface area contributed by atoms with Crippen molar-refractivity contribution in [2.75, 3.05) is 28.6 Å². The Hall–Kier alpha value is -3.35. The first-order valence-electron chi connectivity index (χ1n) is 9.96. The third-order valence-corrected chi connectivity index (χ3v) is 4.94. The fourth-order valence-corrected chi connectivity index (χ4v) is 3.47. The average Bonchev–Trinajstić information content (AvgIpc) is 3.27. The number of hydrogen-bond donors (Lipinski definition) is 2. The van der Waals surface area contributed by atoms with E-state index in [9.17, 15) is 4.79 Å². The molecule has 1 fully saturated rings. The van der Waals surface area contributed by atoms with Gasteiger partial charge in [-0.05, 0) is 62.6 Å². The van der Waals surface area contributed by atoms with E-state index in [0.717, 1.165) is 24.5 Å². The second-order valence-electron chi connectivity index (χ2n) is 7.17. The van der Waals surface area contributed by atoms with E-state index < -0.39 is 0 Å². The van der Waals surface area contributed by atoms with Crippen LogP contribution in [0.25, 0.3) is 0 Å². The number of piperidine rings is 1. The Balaban J connectivity index is 1.41. The minimum Gasteiger partial charge on any atom is -0.467 e. The summed E-state index contributed by atoms with van der Waals surface area (Å²) in [6.45, 7) is 4.45. The van der Waals surface area contributed by atoms with E-state index in [4.69, 9.17) is 4.42 Å². The van der Waals surface area contributed by atoms with E-state index in [2.05, 4.69) is 37.6 Å². The van der Waals surface area contributed by atoms with E-state index in [0.29, 0.717) is 23.9 Å². The maximum absolute atomic E-state index is 12.7. The topological polar surface area (TPSA) is 83.3 Å². The van der Waals surface area contributed by atoms with Crippen molar-refractivity contribution in [1.29, 1.82) is 0 Å². The van der Waals surface area contributed by atoms with Gasteiger partial charge in [-0.25, -0.2) is 9.97 Å². The number of carbonyl (C=O) groups excluding carboxylic acids is 1. The Morgan fingerprint density at radius 3 is 2.62 bits per heavy atom. The van der Waals surface area contributed by atoms with Gasteiger partial charge in [-0.15, -0.1) is 0 Å². The van der Waals surface area contributed by atoms with Gasteiger partial charge in [0, 0.05) is 30.5 Å². The van der Waals surface area contributed by atoms with Crippen LogP contribution in [0.1, 0.15) is 41.3 Å². The summed E-state index contributed by atoms with van der Waals surface area (Å²) in [5, 5.41) is 6.08. The molecule has 2 aromatic heterocycles. The highest BCUT2D eigenvalue weighted by Gasteiger charge is 2.13. The van der Waals surface area contributed by atoms with Crippen LogP contribution >= 0.6 is 0 Å². The number of aryl methyl sites for hydroxylation is 1. The number of benzene rings is 1. The van der Waals surface area contributed by atoms with Crippen LogP contribution in [0.15, 0.2) is 53.1 Å². The van der Waals surface area contributed by atoms with Gasteiger partial charge in [0.2, 0.25) is 0 Å². The Morgan fingerprint density at radius 1 is 1.10 bits per heavy atom. The van der Waals surface area contributed by atoms with Crippen LogP contribution in [-0.4, -0.2) is 29.0 Å². The molecule has 0 unspecified atom stereocenters. The molecule has 1 saturated heterocycles. The van der Waals surface area contributed by atoms with Gasteiger partial charge in [0.1, 0.15) is 23.1 Å². The normalized spacial score (nSPS) is 13.9. The molecule has 150 valence electrons. The molecule has 1 aliphatic rings. The van der Waals surface area contributed by atoms with Crippen molar-refractivity contribution >= 4 is 23.1 Å². The molecule has 7 heteroatoms. The number of carbonyl (C=O) groups is 1. The lowest BCUT2D eigenvalue weighted by molar-refractivity contribution is 0.102. The van der Waals surface area contributed by atoms with Gasteiger partial charge in [-0.2, -0.15) is 0 Å². The first kappa shape index (κ1) is 19.0. The molecule has 7 nitrogen and oxygen atoms in total. The average molecular weight is 391 g/mol. The highest BCUT2D eigenvalue weighted by Crippen LogP contribution is 2.22. The van der Waals surface area contributed by atoms with Gasteiger partial charge in [-0.1, -0.05) is 0 Å². The molecule has 3 heterocycles. The summed E-state index contributed by atoms with van der Waals surface area (Å²) >= 11 is 0. The Kier molecular flexibility index (Phi) is 5.74. The van der Waals surface area contributed by atoms with E-state index in [-0.39, 0.29) is 5.91 Å². The van der Waals surface area contributed by atoms with Crippen molar-refractivity contribution in [3.8, 4) is 0 Å². The third kappa shape index (κ3) is 4.93. The Morgan fingerprint density at radius 2 is 1.90 bits per heavy atom. The standard InChI is InChI=1S/C22H25N5O2/c1-16-24-20(14-21(25-16)23-15-19-6-5-13-29-19)22(28)26-17-7-9-18(10-8-17)27-11-3-2-4-12-27/h5-10,13-14H,2-4,11-12,15H2,1H3,(H,26,28)(H,23,24,25). The van der Waals surface area contributed by atoms with Crippen molar-refractivity contribution < 1.29 is 9.21 Å². The molecule has 29 heavy (non-hydrogen) atoms. The van der Waals surface area contributed by atoms with Crippen molar-refractivity contribution in [2.24, 2.45) is 0 Å². The summed E-state index contributed by atoms with van der Waals surface area (Å²) in [6.07, 6.45) is 5.41. The summed E-state index contributed by atoms with van der Waals surface area (Å²) in [6, 6.07) is 13.3. The van der Waals surface area contributed by atoms with Gasteiger partial charge in [0.15, 0.2) is 0 Å². The van der Waals surface area contributed by atoms with Crippen molar-refractivity contribution in [3.63, 3.8) is 0 Å². The largest absolute Gasteiger partial charge is 0.467 e. The van der Waals surface area contributed by atoms with Gasteiger partial charge >= 0.3 is 0 Å². The fraction of sp³-hybridized carbons (Fsp3) is 0.318. The summed E-state index contributed by atoms with van der Waals surface area (Å²) in [4.78, 5) is 23.7. The number of nitrogens with one attached hydrogen (secondary N) is 2. The quantitative estimate of drug-likeness (QED) is 0.654. The van der Waals surface area contributed by atoms with Crippen LogP contribution < -0.4 is 15.5 Å². The molecule has 2 N–H and O–H groups in total. The molecule has 1 aliphatic heterocycles. The lowest BCUT2D eigenvalue weighted by atomic mass is 10.1. The number of anilines is 3. The Bertz CT molecular complexity index is 948. The summed E-state index contributed by atoms with van der Waals surface area (Å²) in [5.74, 6) is 1.64. The van der Waals surface area contributed by atoms with Gasteiger partial charge in [0.25, 0.3) is 5.91 Å². The highest BCUT2D eigenvalue weighted by atomic mass is 16.3. The predicted octanol–water partition coefficient (Wildman–Crippen LogP) is 4.23. The molecule has 0 bridgehead atoms. The van der Waals surface area contributed by atoms with Crippen LogP contribution in [0.4, 0.5) is 17.2 Å². The minimum absolute atomic E-state index is 0.262. The first-order valence-corrected chi connectivity index (χ1v) is 9.96. The maximum atomic E-state index is 12.7. The van der Waals surface area contributed by atoms with Gasteiger partial charge < -0.3 is 20.0 Å². The van der Waals surface area contributed by atoms with E-state index in [1.54, 1.807) is 19.3 Å². The zero-order valence-corrected chi connectivity index (χ0v) is 16.5. The maximum Gasteiger partial charge on any atom is 0.274 e. The highest BCUT2D eigenvalue weighted by molar-refractivity contribution is 6.03. The number of hydrogen-bond acceptors (Lipinski definition) is 6. The second kappa shape index (κ2) is 8.77. The van der Waals surface area contributed by atoms with E-state index in [1.165, 1.54) is 24.9 Å². The summed E-state index contributed by atoms with van der Waals surface area (Å²) in [7, 11) is 0. The lowest BCUT2D eigenvalue weighted by Gasteiger charge is -2.28. The van der Waals surface area contributed by atoms with Crippen LogP contribution in [0.5, 0.6) is 0 Å². The van der Waals surface area contributed by atoms with Crippen molar-refractivity contribution in [3.05, 3.63) is 66.0 Å². The van der Waals surface area contributed by atoms with E-state index in [1.807, 2.05) is 24.3 Å². The Labute approximate surface area is 170 Å². The van der Waals surface area contributed by atoms with E-state index >= 15 is 0 Å². The number of nitrogens with zero attached hydrogens (tertiary/aromatic N) is 3. The zero-order valence-electron chi connectivity index (χ0n) is 16.5. The molecule has 0 saturated carbocycles. The third-order valence-electron chi connectivity index (χ3n) is 4.94. The van der Waals surface area contributed by atoms with Crippen molar-refractivity contribution in [1.82, 2.24) is 9.97 Å². The van der Waals surface area contributed by atoms with Gasteiger partial charge in [-0.3, -0.25) is 4.79 Å². The number of rotatable bonds is 6. The molecular weight excluding hydrogens is 366 g/mol. The number of aromatic nitrogens is 2. The zero-order chi connectivity index (χ0) is 20.1. The smallest absolute Gasteiger partial charge is 0.274 e. The molecule has 0 aliphatic carbocycles. The summed E-state index contributed by atoms with van der Waals surface area (Å²) < 4.78 is 5.31. The molecule has 1 amide bonds. The molecule has 0 radical (unpaired) electrons. The minimum atomic E-state index is -0.262. The summed E-state index contributed by atoms with van der Waals surface area (Å²) in [5.41, 5.74) is 2.27. The molecule has 0 atom stereocenters.